The molecule has 0 aromatic heterocycles. The van der Waals surface area contributed by atoms with Crippen molar-refractivity contribution in [3.8, 4) is 17.2 Å². The summed E-state index contributed by atoms with van der Waals surface area (Å²) in [5.74, 6) is 0.373. The Bertz CT molecular complexity index is 755. The van der Waals surface area contributed by atoms with Crippen molar-refractivity contribution in [3.63, 3.8) is 0 Å². The van der Waals surface area contributed by atoms with Gasteiger partial charge in [0, 0.05) is 11.1 Å². The lowest BCUT2D eigenvalue weighted by Crippen LogP contribution is -1.79. The van der Waals surface area contributed by atoms with Crippen LogP contribution in [0.25, 0.3) is 18.2 Å². The summed E-state index contributed by atoms with van der Waals surface area (Å²) in [5, 5.41) is 29.0. The van der Waals surface area contributed by atoms with Gasteiger partial charge in [-0.15, -0.1) is 0 Å². The summed E-state index contributed by atoms with van der Waals surface area (Å²) >= 11 is 0. The maximum atomic E-state index is 9.84. The van der Waals surface area contributed by atoms with Gasteiger partial charge in [-0.2, -0.15) is 0 Å². The van der Waals surface area contributed by atoms with E-state index in [0.717, 1.165) is 11.1 Å². The molecule has 2 aromatic rings. The van der Waals surface area contributed by atoms with Gasteiger partial charge < -0.3 is 15.3 Å². The summed E-state index contributed by atoms with van der Waals surface area (Å²) in [5.41, 5.74) is 2.96. The second-order valence-electron chi connectivity index (χ2n) is 5.07. The Hall–Kier alpha value is -2.94. The van der Waals surface area contributed by atoms with E-state index < -0.39 is 0 Å². The average molecular weight is 294 g/mol. The van der Waals surface area contributed by atoms with Crippen LogP contribution in [0.4, 0.5) is 0 Å². The van der Waals surface area contributed by atoms with E-state index in [-0.39, 0.29) is 17.2 Å². The molecule has 0 radical (unpaired) electrons. The highest BCUT2D eigenvalue weighted by atomic mass is 16.3. The van der Waals surface area contributed by atoms with Crippen LogP contribution in [0.5, 0.6) is 17.2 Å². The number of rotatable bonds is 4. The summed E-state index contributed by atoms with van der Waals surface area (Å²) in [6.45, 7) is 5.66. The summed E-state index contributed by atoms with van der Waals surface area (Å²) < 4.78 is 0. The van der Waals surface area contributed by atoms with Crippen LogP contribution in [-0.2, 0) is 0 Å². The number of hydrogen-bond donors (Lipinski definition) is 3. The van der Waals surface area contributed by atoms with Crippen LogP contribution in [0, 0.1) is 0 Å². The molecule has 0 saturated carbocycles. The fourth-order valence-electron chi connectivity index (χ4n) is 1.90. The molecule has 112 valence electrons. The van der Waals surface area contributed by atoms with E-state index in [1.165, 1.54) is 18.2 Å². The minimum absolute atomic E-state index is 0.0910. The Labute approximate surface area is 129 Å². The zero-order chi connectivity index (χ0) is 16.1. The van der Waals surface area contributed by atoms with E-state index >= 15 is 0 Å². The Morgan fingerprint density at radius 1 is 0.864 bits per heavy atom. The first-order valence-corrected chi connectivity index (χ1v) is 6.82. The monoisotopic (exact) mass is 294 g/mol. The Morgan fingerprint density at radius 3 is 2.18 bits per heavy atom. The molecule has 0 amide bonds. The van der Waals surface area contributed by atoms with Gasteiger partial charge in [0.15, 0.2) is 0 Å². The molecule has 0 saturated heterocycles. The van der Waals surface area contributed by atoms with E-state index in [4.69, 9.17) is 0 Å². The first-order chi connectivity index (χ1) is 10.5. The average Bonchev–Trinajstić information content (AvgIpc) is 2.48. The smallest absolute Gasteiger partial charge is 0.123 e. The standard InChI is InChI=1S/C19H18O3/c1-13(2)3-6-15-11-14(5-9-18(15)21)4-7-16-12-17(20)8-10-19(16)22/h3-12,20-22H,1H2,2H3/b6-3+,7-4+. The number of phenolic OH excluding ortho intramolecular Hbond substituents is 3. The molecule has 0 atom stereocenters. The van der Waals surface area contributed by atoms with Gasteiger partial charge in [-0.25, -0.2) is 0 Å². The highest BCUT2D eigenvalue weighted by Gasteiger charge is 2.00. The largest absolute Gasteiger partial charge is 0.508 e. The second-order valence-corrected chi connectivity index (χ2v) is 5.07. The molecule has 0 aliphatic carbocycles. The lowest BCUT2D eigenvalue weighted by molar-refractivity contribution is 0.459. The number of phenols is 3. The Kier molecular flexibility index (Phi) is 4.69. The molecule has 0 unspecified atom stereocenters. The second kappa shape index (κ2) is 6.68. The Morgan fingerprint density at radius 2 is 1.50 bits per heavy atom. The minimum Gasteiger partial charge on any atom is -0.508 e. The lowest BCUT2D eigenvalue weighted by atomic mass is 10.1. The molecule has 0 heterocycles. The zero-order valence-electron chi connectivity index (χ0n) is 12.3. The molecule has 0 bridgehead atoms. The van der Waals surface area contributed by atoms with E-state index in [1.54, 1.807) is 30.4 Å². The molecule has 0 aliphatic rings. The molecular formula is C19H18O3. The van der Waals surface area contributed by atoms with E-state index in [0.29, 0.717) is 11.1 Å². The van der Waals surface area contributed by atoms with Crippen LogP contribution in [0.2, 0.25) is 0 Å². The van der Waals surface area contributed by atoms with Gasteiger partial charge in [0.05, 0.1) is 0 Å². The van der Waals surface area contributed by atoms with Crippen LogP contribution >= 0.6 is 0 Å². The third-order valence-corrected chi connectivity index (χ3v) is 3.07. The van der Waals surface area contributed by atoms with Crippen molar-refractivity contribution in [2.75, 3.05) is 0 Å². The van der Waals surface area contributed by atoms with Gasteiger partial charge >= 0.3 is 0 Å². The van der Waals surface area contributed by atoms with Crippen LogP contribution in [0.3, 0.4) is 0 Å². The highest BCUT2D eigenvalue weighted by Crippen LogP contribution is 2.25. The third-order valence-electron chi connectivity index (χ3n) is 3.07. The van der Waals surface area contributed by atoms with Gasteiger partial charge in [-0.3, -0.25) is 0 Å². The SMILES string of the molecule is C=C(C)/C=C/c1cc(/C=C/c2cc(O)ccc2O)ccc1O. The van der Waals surface area contributed by atoms with Crippen molar-refractivity contribution in [1.82, 2.24) is 0 Å². The molecule has 22 heavy (non-hydrogen) atoms. The van der Waals surface area contributed by atoms with Crippen molar-refractivity contribution in [2.24, 2.45) is 0 Å². The van der Waals surface area contributed by atoms with Crippen molar-refractivity contribution >= 4 is 18.2 Å². The van der Waals surface area contributed by atoms with Crippen LogP contribution < -0.4 is 0 Å². The van der Waals surface area contributed by atoms with Crippen molar-refractivity contribution in [3.05, 3.63) is 71.3 Å². The number of benzene rings is 2. The summed E-state index contributed by atoms with van der Waals surface area (Å²) in [6.07, 6.45) is 7.12. The van der Waals surface area contributed by atoms with Crippen LogP contribution in [0.1, 0.15) is 23.6 Å². The minimum atomic E-state index is 0.0910. The first-order valence-electron chi connectivity index (χ1n) is 6.82. The Balaban J connectivity index is 2.30. The van der Waals surface area contributed by atoms with Crippen molar-refractivity contribution < 1.29 is 15.3 Å². The zero-order valence-corrected chi connectivity index (χ0v) is 12.3. The van der Waals surface area contributed by atoms with E-state index in [9.17, 15) is 15.3 Å². The van der Waals surface area contributed by atoms with Gasteiger partial charge in [0.2, 0.25) is 0 Å². The molecule has 2 rings (SSSR count). The molecule has 0 fully saturated rings. The van der Waals surface area contributed by atoms with E-state index in [1.807, 2.05) is 19.1 Å². The molecule has 0 spiro atoms. The third kappa shape index (κ3) is 4.03. The summed E-state index contributed by atoms with van der Waals surface area (Å²) in [4.78, 5) is 0. The lowest BCUT2D eigenvalue weighted by Gasteiger charge is -2.02. The molecule has 3 nitrogen and oxygen atoms in total. The van der Waals surface area contributed by atoms with Gasteiger partial charge in [-0.1, -0.05) is 42.5 Å². The number of allylic oxidation sites excluding steroid dienone is 2. The molecule has 0 aliphatic heterocycles. The molecule has 2 aromatic carbocycles. The maximum absolute atomic E-state index is 9.84. The van der Waals surface area contributed by atoms with Crippen LogP contribution in [-0.4, -0.2) is 15.3 Å². The molecule has 3 N–H and O–H groups in total. The predicted molar refractivity (Wildman–Crippen MR) is 90.7 cm³/mol. The topological polar surface area (TPSA) is 60.7 Å². The normalized spacial score (nSPS) is 11.3. The van der Waals surface area contributed by atoms with Gasteiger partial charge in [0.1, 0.15) is 17.2 Å². The number of hydrogen-bond acceptors (Lipinski definition) is 3. The fraction of sp³-hybridized carbons (Fsp3) is 0.0526. The molecular weight excluding hydrogens is 276 g/mol. The number of aromatic hydroxyl groups is 3. The maximum Gasteiger partial charge on any atom is 0.123 e. The summed E-state index contributed by atoms with van der Waals surface area (Å²) in [7, 11) is 0. The van der Waals surface area contributed by atoms with Crippen molar-refractivity contribution in [2.45, 2.75) is 6.92 Å². The van der Waals surface area contributed by atoms with Gasteiger partial charge in [0.25, 0.3) is 0 Å². The van der Waals surface area contributed by atoms with Crippen molar-refractivity contribution in [1.29, 1.82) is 0 Å². The quantitative estimate of drug-likeness (QED) is 0.440. The van der Waals surface area contributed by atoms with Crippen LogP contribution in [0.15, 0.2) is 54.6 Å². The molecule has 3 heteroatoms. The van der Waals surface area contributed by atoms with Gasteiger partial charge in [-0.05, 0) is 42.8 Å². The fourth-order valence-corrected chi connectivity index (χ4v) is 1.90. The predicted octanol–water partition coefficient (Wildman–Crippen LogP) is 4.56. The highest BCUT2D eigenvalue weighted by molar-refractivity contribution is 5.75. The first kappa shape index (κ1) is 15.4. The van der Waals surface area contributed by atoms with E-state index in [2.05, 4.69) is 6.58 Å². The summed E-state index contributed by atoms with van der Waals surface area (Å²) in [6, 6.07) is 9.55.